The largest absolute Gasteiger partial charge is 0.504 e. The zero-order valence-corrected chi connectivity index (χ0v) is 17.1. The van der Waals surface area contributed by atoms with Crippen molar-refractivity contribution in [2.45, 2.75) is 19.8 Å². The monoisotopic (exact) mass is 422 g/mol. The zero-order valence-electron chi connectivity index (χ0n) is 16.4. The molecule has 0 unspecified atom stereocenters. The summed E-state index contributed by atoms with van der Waals surface area (Å²) in [6, 6.07) is 14.3. The Bertz CT molecular complexity index is 1210. The van der Waals surface area contributed by atoms with E-state index >= 15 is 0 Å². The highest BCUT2D eigenvalue weighted by Crippen LogP contribution is 2.46. The fourth-order valence-corrected chi connectivity index (χ4v) is 3.80. The Morgan fingerprint density at radius 3 is 2.83 bits per heavy atom. The number of hydrogen-bond acceptors (Lipinski definition) is 6. The molecule has 7 nitrogen and oxygen atoms in total. The van der Waals surface area contributed by atoms with Crippen LogP contribution in [-0.2, 0) is 0 Å². The molecule has 0 saturated carbocycles. The van der Waals surface area contributed by atoms with Crippen molar-refractivity contribution in [2.75, 3.05) is 6.61 Å². The van der Waals surface area contributed by atoms with Gasteiger partial charge in [-0.3, -0.25) is 0 Å². The van der Waals surface area contributed by atoms with Crippen molar-refractivity contribution in [2.24, 2.45) is 5.73 Å². The lowest BCUT2D eigenvalue weighted by atomic mass is 9.84. The Balaban J connectivity index is 1.93. The van der Waals surface area contributed by atoms with Gasteiger partial charge < -0.3 is 20.3 Å². The first-order valence-corrected chi connectivity index (χ1v) is 9.71. The molecule has 2 heterocycles. The number of phenols is 1. The molecule has 8 heteroatoms. The van der Waals surface area contributed by atoms with Crippen LogP contribution in [0.15, 0.2) is 53.9 Å². The fourth-order valence-electron chi connectivity index (χ4n) is 3.61. The number of aromatic hydroxyl groups is 1. The summed E-state index contributed by atoms with van der Waals surface area (Å²) in [6.07, 6.45) is 0. The van der Waals surface area contributed by atoms with Crippen molar-refractivity contribution in [3.63, 3.8) is 0 Å². The van der Waals surface area contributed by atoms with Crippen LogP contribution in [0, 0.1) is 18.3 Å². The fraction of sp³-hybridized carbons (Fsp3) is 0.182. The van der Waals surface area contributed by atoms with Crippen LogP contribution < -0.4 is 15.2 Å². The second-order valence-electron chi connectivity index (χ2n) is 6.78. The van der Waals surface area contributed by atoms with E-state index in [0.29, 0.717) is 40.2 Å². The predicted octanol–water partition coefficient (Wildman–Crippen LogP) is 4.16. The minimum Gasteiger partial charge on any atom is -0.504 e. The maximum Gasteiger partial charge on any atom is 0.229 e. The molecular weight excluding hydrogens is 404 g/mol. The molecule has 152 valence electrons. The van der Waals surface area contributed by atoms with Crippen LogP contribution in [0.25, 0.3) is 5.69 Å². The van der Waals surface area contributed by atoms with E-state index in [4.69, 9.17) is 26.8 Å². The van der Waals surface area contributed by atoms with Gasteiger partial charge in [-0.05, 0) is 49.7 Å². The maximum absolute atomic E-state index is 10.1. The highest BCUT2D eigenvalue weighted by atomic mass is 35.5. The number of ether oxygens (including phenoxy) is 2. The summed E-state index contributed by atoms with van der Waals surface area (Å²) in [5.74, 6) is 0.256. The minimum atomic E-state index is -0.522. The molecule has 0 bridgehead atoms. The number of nitrogens with zero attached hydrogens (tertiary/aromatic N) is 3. The summed E-state index contributed by atoms with van der Waals surface area (Å²) < 4.78 is 13.0. The van der Waals surface area contributed by atoms with Crippen LogP contribution >= 0.6 is 11.6 Å². The topological polar surface area (TPSA) is 106 Å². The van der Waals surface area contributed by atoms with E-state index in [0.717, 1.165) is 5.56 Å². The number of halogens is 1. The number of aromatic nitrogens is 2. The average Bonchev–Trinajstić information content (AvgIpc) is 3.05. The lowest BCUT2D eigenvalue weighted by Gasteiger charge is -2.25. The van der Waals surface area contributed by atoms with Gasteiger partial charge in [-0.2, -0.15) is 10.4 Å². The van der Waals surface area contributed by atoms with E-state index in [2.05, 4.69) is 11.2 Å². The van der Waals surface area contributed by atoms with Crippen molar-refractivity contribution >= 4 is 11.6 Å². The Labute approximate surface area is 178 Å². The summed E-state index contributed by atoms with van der Waals surface area (Å²) in [4.78, 5) is 0. The number of allylic oxidation sites excluding steroid dienone is 1. The molecule has 1 atom stereocenters. The van der Waals surface area contributed by atoms with Gasteiger partial charge in [0.05, 0.1) is 29.5 Å². The molecule has 2 aromatic carbocycles. The van der Waals surface area contributed by atoms with E-state index in [9.17, 15) is 10.4 Å². The van der Waals surface area contributed by atoms with Crippen molar-refractivity contribution in [1.82, 2.24) is 9.78 Å². The third kappa shape index (κ3) is 3.21. The van der Waals surface area contributed by atoms with Crippen LogP contribution in [-0.4, -0.2) is 21.5 Å². The van der Waals surface area contributed by atoms with Crippen molar-refractivity contribution in [1.29, 1.82) is 5.26 Å². The van der Waals surface area contributed by atoms with Gasteiger partial charge in [-0.1, -0.05) is 23.7 Å². The van der Waals surface area contributed by atoms with Crippen molar-refractivity contribution < 1.29 is 14.6 Å². The van der Waals surface area contributed by atoms with Gasteiger partial charge in [0.1, 0.15) is 11.6 Å². The number of hydrogen-bond donors (Lipinski definition) is 2. The molecule has 30 heavy (non-hydrogen) atoms. The first-order chi connectivity index (χ1) is 14.4. The molecule has 0 spiro atoms. The molecular formula is C22H19ClN4O3. The minimum absolute atomic E-state index is 0.00390. The molecule has 0 amide bonds. The van der Waals surface area contributed by atoms with Crippen molar-refractivity contribution in [3.8, 4) is 29.1 Å². The van der Waals surface area contributed by atoms with Crippen molar-refractivity contribution in [3.05, 3.63) is 75.8 Å². The van der Waals surface area contributed by atoms with Crippen LogP contribution in [0.1, 0.15) is 29.7 Å². The Morgan fingerprint density at radius 2 is 2.13 bits per heavy atom. The standard InChI is InChI=1S/C22H19ClN4O3/c1-3-29-18-9-13(7-8-17(18)28)20-16(11-24)21(25)30-22-19(20)12(2)26-27(22)15-6-4-5-14(23)10-15/h4-10,20,28H,3,25H2,1-2H3/t20-/m1/s1. The second-order valence-corrected chi connectivity index (χ2v) is 7.22. The smallest absolute Gasteiger partial charge is 0.229 e. The number of nitrogens with two attached hydrogens (primary N) is 1. The summed E-state index contributed by atoms with van der Waals surface area (Å²) in [7, 11) is 0. The molecule has 0 saturated heterocycles. The number of benzene rings is 2. The normalized spacial score (nSPS) is 15.3. The van der Waals surface area contributed by atoms with Crippen LogP contribution in [0.3, 0.4) is 0 Å². The summed E-state index contributed by atoms with van der Waals surface area (Å²) in [5.41, 5.74) is 9.24. The van der Waals surface area contributed by atoms with Crippen LogP contribution in [0.4, 0.5) is 0 Å². The molecule has 4 rings (SSSR count). The summed E-state index contributed by atoms with van der Waals surface area (Å²) in [6.45, 7) is 4.07. The molecule has 1 aliphatic rings. The molecule has 3 aromatic rings. The first-order valence-electron chi connectivity index (χ1n) is 9.33. The van der Waals surface area contributed by atoms with Gasteiger partial charge in [0.2, 0.25) is 11.8 Å². The lowest BCUT2D eigenvalue weighted by Crippen LogP contribution is -2.22. The van der Waals surface area contributed by atoms with Gasteiger partial charge in [0, 0.05) is 5.02 Å². The number of aryl methyl sites for hydroxylation is 1. The van der Waals surface area contributed by atoms with E-state index < -0.39 is 5.92 Å². The van der Waals surface area contributed by atoms with E-state index in [1.807, 2.05) is 26.0 Å². The number of rotatable bonds is 4. The molecule has 1 aliphatic heterocycles. The zero-order chi connectivity index (χ0) is 21.4. The number of phenolic OH excluding ortho intramolecular Hbond substituents is 1. The third-order valence-corrected chi connectivity index (χ3v) is 5.14. The number of fused-ring (bicyclic) bond motifs is 1. The third-order valence-electron chi connectivity index (χ3n) is 4.90. The summed E-state index contributed by atoms with van der Waals surface area (Å²) in [5, 5.41) is 25.1. The SMILES string of the molecule is CCOc1cc([C@@H]2C(C#N)=C(N)Oc3c2c(C)nn3-c2cccc(Cl)c2)ccc1O. The molecule has 0 radical (unpaired) electrons. The Hall–Kier alpha value is -3.63. The lowest BCUT2D eigenvalue weighted by molar-refractivity contribution is 0.317. The van der Waals surface area contributed by atoms with Gasteiger partial charge in [0.15, 0.2) is 11.5 Å². The van der Waals surface area contributed by atoms with Crippen LogP contribution in [0.5, 0.6) is 17.4 Å². The van der Waals surface area contributed by atoms with E-state index in [-0.39, 0.29) is 17.2 Å². The van der Waals surface area contributed by atoms with Gasteiger partial charge >= 0.3 is 0 Å². The first kappa shape index (κ1) is 19.7. The highest BCUT2D eigenvalue weighted by Gasteiger charge is 2.36. The Morgan fingerprint density at radius 1 is 1.33 bits per heavy atom. The number of nitriles is 1. The average molecular weight is 423 g/mol. The van der Waals surface area contributed by atoms with Gasteiger partial charge in [-0.25, -0.2) is 4.68 Å². The molecule has 1 aromatic heterocycles. The van der Waals surface area contributed by atoms with Gasteiger partial charge in [0.25, 0.3) is 0 Å². The molecule has 0 fully saturated rings. The van der Waals surface area contributed by atoms with E-state index in [1.54, 1.807) is 28.9 Å². The predicted molar refractivity (Wildman–Crippen MR) is 112 cm³/mol. The van der Waals surface area contributed by atoms with E-state index in [1.165, 1.54) is 6.07 Å². The highest BCUT2D eigenvalue weighted by molar-refractivity contribution is 6.30. The maximum atomic E-state index is 10.1. The second kappa shape index (κ2) is 7.65. The molecule has 3 N–H and O–H groups in total. The van der Waals surface area contributed by atoms with Crippen LogP contribution in [0.2, 0.25) is 5.02 Å². The molecule has 0 aliphatic carbocycles. The quantitative estimate of drug-likeness (QED) is 0.653. The van der Waals surface area contributed by atoms with Gasteiger partial charge in [-0.15, -0.1) is 0 Å². The Kier molecular flexibility index (Phi) is 5.02. The summed E-state index contributed by atoms with van der Waals surface area (Å²) >= 11 is 6.15.